The number of carboxylic acid groups (broad SMARTS) is 1. The van der Waals surface area contributed by atoms with Crippen LogP contribution in [0.4, 0.5) is 11.4 Å². The van der Waals surface area contributed by atoms with Crippen molar-refractivity contribution in [2.24, 2.45) is 0 Å². The van der Waals surface area contributed by atoms with Crippen LogP contribution in [-0.4, -0.2) is 49.3 Å². The van der Waals surface area contributed by atoms with Gasteiger partial charge in [-0.15, -0.1) is 0 Å². The lowest BCUT2D eigenvalue weighted by molar-refractivity contribution is -0.163. The van der Waals surface area contributed by atoms with E-state index in [2.05, 4.69) is 10.2 Å². The van der Waals surface area contributed by atoms with E-state index in [-0.39, 0.29) is 39.6 Å². The molecule has 0 aliphatic carbocycles. The summed E-state index contributed by atoms with van der Waals surface area (Å²) >= 11 is 12.6. The van der Waals surface area contributed by atoms with Crippen molar-refractivity contribution in [2.45, 2.75) is 19.1 Å². The molecule has 1 aliphatic rings. The van der Waals surface area contributed by atoms with Crippen molar-refractivity contribution in [3.63, 3.8) is 0 Å². The van der Waals surface area contributed by atoms with Crippen molar-refractivity contribution >= 4 is 52.4 Å². The molecule has 9 nitrogen and oxygen atoms in total. The van der Waals surface area contributed by atoms with Gasteiger partial charge in [0.1, 0.15) is 24.2 Å². The number of ether oxygens (including phenoxy) is 3. The quantitative estimate of drug-likeness (QED) is 0.362. The third-order valence-corrected chi connectivity index (χ3v) is 6.36. The molecule has 3 aromatic carbocycles. The summed E-state index contributed by atoms with van der Waals surface area (Å²) in [6.07, 6.45) is -1.76. The number of para-hydroxylation sites is 2. The molecule has 2 N–H and O–H groups in total. The van der Waals surface area contributed by atoms with Crippen LogP contribution in [0.1, 0.15) is 28.9 Å². The lowest BCUT2D eigenvalue weighted by Gasteiger charge is -2.33. The number of carboxylic acids is 1. The maximum Gasteiger partial charge on any atom is 0.349 e. The molecule has 1 heterocycles. The standard InChI is InChI=1S/C27H24Cl2N2O7/c1-15(32)37-25(27(34)35)16-7-10-20(28)22(11-16)30-26(33)19-9-8-17(12-21(19)29)36-14-18-13-31(2)23-5-3-4-6-24(23)38-18/h3-12,18,25H,13-14H2,1-2H3,(H,30,33)(H,34,35)/t18-,25?/m0/s1. The summed E-state index contributed by atoms with van der Waals surface area (Å²) in [5, 5.41) is 12.3. The first-order chi connectivity index (χ1) is 18.1. The summed E-state index contributed by atoms with van der Waals surface area (Å²) in [7, 11) is 1.98. The average Bonchev–Trinajstić information content (AvgIpc) is 2.87. The van der Waals surface area contributed by atoms with Gasteiger partial charge >= 0.3 is 11.9 Å². The number of anilines is 2. The highest BCUT2D eigenvalue weighted by Crippen LogP contribution is 2.33. The molecule has 0 saturated heterocycles. The molecule has 0 radical (unpaired) electrons. The Morgan fingerprint density at radius 2 is 1.87 bits per heavy atom. The molecule has 2 atom stereocenters. The van der Waals surface area contributed by atoms with Gasteiger partial charge in [-0.3, -0.25) is 9.59 Å². The number of carbonyl (C=O) groups excluding carboxylic acids is 2. The summed E-state index contributed by atoms with van der Waals surface area (Å²) in [6, 6.07) is 16.5. The van der Waals surface area contributed by atoms with E-state index in [0.717, 1.165) is 18.4 Å². The number of carbonyl (C=O) groups is 3. The zero-order chi connectivity index (χ0) is 27.4. The van der Waals surface area contributed by atoms with Crippen molar-refractivity contribution in [1.82, 2.24) is 0 Å². The molecule has 1 amide bonds. The van der Waals surface area contributed by atoms with E-state index in [1.54, 1.807) is 6.07 Å². The number of halogens is 2. The molecule has 38 heavy (non-hydrogen) atoms. The van der Waals surface area contributed by atoms with Gasteiger partial charge in [0.2, 0.25) is 6.10 Å². The van der Waals surface area contributed by atoms with E-state index >= 15 is 0 Å². The van der Waals surface area contributed by atoms with Crippen LogP contribution < -0.4 is 19.7 Å². The molecule has 4 rings (SSSR count). The Morgan fingerprint density at radius 1 is 1.11 bits per heavy atom. The molecule has 198 valence electrons. The summed E-state index contributed by atoms with van der Waals surface area (Å²) in [5.41, 5.74) is 1.42. The van der Waals surface area contributed by atoms with Gasteiger partial charge in [0, 0.05) is 19.5 Å². The number of benzene rings is 3. The van der Waals surface area contributed by atoms with Gasteiger partial charge < -0.3 is 29.5 Å². The molecule has 3 aromatic rings. The lowest BCUT2D eigenvalue weighted by Crippen LogP contribution is -2.41. The van der Waals surface area contributed by atoms with Crippen molar-refractivity contribution in [3.8, 4) is 11.5 Å². The van der Waals surface area contributed by atoms with Gasteiger partial charge in [-0.05, 0) is 42.5 Å². The molecule has 0 bridgehead atoms. The third-order valence-electron chi connectivity index (χ3n) is 5.72. The highest BCUT2D eigenvalue weighted by molar-refractivity contribution is 6.36. The Kier molecular flexibility index (Phi) is 8.29. The Labute approximate surface area is 228 Å². The number of hydrogen-bond donors (Lipinski definition) is 2. The molecule has 0 aromatic heterocycles. The van der Waals surface area contributed by atoms with Crippen LogP contribution in [0.5, 0.6) is 11.5 Å². The van der Waals surface area contributed by atoms with Crippen molar-refractivity contribution in [1.29, 1.82) is 0 Å². The Bertz CT molecular complexity index is 1380. The van der Waals surface area contributed by atoms with E-state index in [1.807, 2.05) is 31.3 Å². The van der Waals surface area contributed by atoms with Crippen LogP contribution in [0.25, 0.3) is 0 Å². The number of nitrogens with one attached hydrogen (secondary N) is 1. The van der Waals surface area contributed by atoms with Crippen LogP contribution in [0.2, 0.25) is 10.0 Å². The molecular formula is C27H24Cl2N2O7. The van der Waals surface area contributed by atoms with E-state index in [9.17, 15) is 19.5 Å². The first-order valence-electron chi connectivity index (χ1n) is 11.5. The highest BCUT2D eigenvalue weighted by Gasteiger charge is 2.25. The molecule has 0 fully saturated rings. The summed E-state index contributed by atoms with van der Waals surface area (Å²) < 4.78 is 16.8. The summed E-state index contributed by atoms with van der Waals surface area (Å²) in [4.78, 5) is 37.9. The normalized spacial score (nSPS) is 15.1. The molecule has 0 spiro atoms. The Balaban J connectivity index is 1.42. The van der Waals surface area contributed by atoms with Crippen molar-refractivity contribution in [2.75, 3.05) is 30.4 Å². The highest BCUT2D eigenvalue weighted by atomic mass is 35.5. The lowest BCUT2D eigenvalue weighted by atomic mass is 10.1. The predicted octanol–water partition coefficient (Wildman–Crippen LogP) is 5.21. The fourth-order valence-corrected chi connectivity index (χ4v) is 4.38. The van der Waals surface area contributed by atoms with Crippen LogP contribution >= 0.6 is 23.2 Å². The largest absolute Gasteiger partial charge is 0.490 e. The van der Waals surface area contributed by atoms with Crippen molar-refractivity contribution in [3.05, 3.63) is 81.8 Å². The minimum absolute atomic E-state index is 0.125. The van der Waals surface area contributed by atoms with E-state index in [1.165, 1.54) is 30.3 Å². The second kappa shape index (κ2) is 11.6. The maximum absolute atomic E-state index is 12.9. The number of aliphatic carboxylic acids is 1. The van der Waals surface area contributed by atoms with Gasteiger partial charge in [0.05, 0.1) is 33.5 Å². The number of rotatable bonds is 8. The molecule has 0 saturated carbocycles. The Hall–Kier alpha value is -3.95. The zero-order valence-electron chi connectivity index (χ0n) is 20.4. The van der Waals surface area contributed by atoms with Crippen LogP contribution in [0, 0.1) is 0 Å². The second-order valence-electron chi connectivity index (χ2n) is 8.56. The molecule has 11 heteroatoms. The predicted molar refractivity (Wildman–Crippen MR) is 143 cm³/mol. The number of nitrogens with zero attached hydrogens (tertiary/aromatic N) is 1. The first-order valence-corrected chi connectivity index (χ1v) is 12.3. The van der Waals surface area contributed by atoms with E-state index in [0.29, 0.717) is 12.3 Å². The first kappa shape index (κ1) is 27.1. The summed E-state index contributed by atoms with van der Waals surface area (Å²) in [5.74, 6) is -1.46. The van der Waals surface area contributed by atoms with Gasteiger partial charge in [0.15, 0.2) is 0 Å². The molecule has 1 aliphatic heterocycles. The fraction of sp³-hybridized carbons (Fsp3) is 0.222. The fourth-order valence-electron chi connectivity index (χ4n) is 3.96. The van der Waals surface area contributed by atoms with Gasteiger partial charge in [-0.2, -0.15) is 0 Å². The van der Waals surface area contributed by atoms with Crippen LogP contribution in [0.15, 0.2) is 60.7 Å². The van der Waals surface area contributed by atoms with E-state index in [4.69, 9.17) is 37.4 Å². The molecule has 1 unspecified atom stereocenters. The van der Waals surface area contributed by atoms with Gasteiger partial charge in [-0.1, -0.05) is 41.4 Å². The monoisotopic (exact) mass is 558 g/mol. The third kappa shape index (κ3) is 6.30. The number of fused-ring (bicyclic) bond motifs is 1. The molecular weight excluding hydrogens is 535 g/mol. The SMILES string of the molecule is CC(=O)OC(C(=O)O)c1ccc(Cl)c(NC(=O)c2ccc(OC[C@@H]3CN(C)c4ccccc4O3)cc2Cl)c1. The minimum Gasteiger partial charge on any atom is -0.490 e. The maximum atomic E-state index is 12.9. The van der Waals surface area contributed by atoms with Crippen molar-refractivity contribution < 1.29 is 33.7 Å². The van der Waals surface area contributed by atoms with Crippen LogP contribution in [-0.2, 0) is 14.3 Å². The second-order valence-corrected chi connectivity index (χ2v) is 9.38. The minimum atomic E-state index is -1.55. The number of amides is 1. The average molecular weight is 559 g/mol. The van der Waals surface area contributed by atoms with Gasteiger partial charge in [0.25, 0.3) is 5.91 Å². The Morgan fingerprint density at radius 3 is 2.58 bits per heavy atom. The number of hydrogen-bond acceptors (Lipinski definition) is 7. The smallest absolute Gasteiger partial charge is 0.349 e. The number of esters is 1. The number of likely N-dealkylation sites (N-methyl/N-ethyl adjacent to an activating group) is 1. The van der Waals surface area contributed by atoms with E-state index < -0.39 is 23.9 Å². The van der Waals surface area contributed by atoms with Gasteiger partial charge in [-0.25, -0.2) is 4.79 Å². The topological polar surface area (TPSA) is 114 Å². The summed E-state index contributed by atoms with van der Waals surface area (Å²) in [6.45, 7) is 2.02. The van der Waals surface area contributed by atoms with Crippen LogP contribution in [0.3, 0.4) is 0 Å². The zero-order valence-corrected chi connectivity index (χ0v) is 22.0.